The molecule has 0 saturated carbocycles. The second-order valence-electron chi connectivity index (χ2n) is 2.88. The fourth-order valence-electron chi connectivity index (χ4n) is 0.930. The zero-order valence-corrected chi connectivity index (χ0v) is 9.19. The molecule has 0 aliphatic carbocycles. The first-order valence-electron chi connectivity index (χ1n) is 3.97. The third kappa shape index (κ3) is 4.31. The van der Waals surface area contributed by atoms with Crippen LogP contribution in [0.3, 0.4) is 0 Å². The molecule has 2 nitrogen and oxygen atoms in total. The van der Waals surface area contributed by atoms with E-state index in [1.54, 1.807) is 0 Å². The van der Waals surface area contributed by atoms with E-state index < -0.39 is 9.05 Å². The van der Waals surface area contributed by atoms with Crippen molar-refractivity contribution >= 4 is 19.7 Å². The van der Waals surface area contributed by atoms with Crippen LogP contribution < -0.4 is 0 Å². The fraction of sp³-hybridized carbons (Fsp3) is 0.200. The molecule has 4 heteroatoms. The standard InChI is InChI=1S/C10H9ClO2S/c1-9-4-6-10(7-5-9)3-2-8-14(11,12)13/h4-7H,3H2,1H3. The van der Waals surface area contributed by atoms with Crippen molar-refractivity contribution in [2.24, 2.45) is 0 Å². The molecule has 0 spiro atoms. The molecular formula is C10H9ClO2S. The summed E-state index contributed by atoms with van der Waals surface area (Å²) in [6, 6.07) is 7.72. The third-order valence-electron chi connectivity index (χ3n) is 1.61. The van der Waals surface area contributed by atoms with Crippen LogP contribution in [-0.2, 0) is 15.5 Å². The summed E-state index contributed by atoms with van der Waals surface area (Å²) < 4.78 is 20.9. The van der Waals surface area contributed by atoms with E-state index in [1.807, 2.05) is 36.4 Å². The summed E-state index contributed by atoms with van der Waals surface area (Å²) in [5.41, 5.74) is 2.13. The summed E-state index contributed by atoms with van der Waals surface area (Å²) in [4.78, 5) is 0. The third-order valence-corrected chi connectivity index (χ3v) is 2.23. The highest BCUT2D eigenvalue weighted by Crippen LogP contribution is 2.03. The van der Waals surface area contributed by atoms with Gasteiger partial charge in [0.2, 0.25) is 0 Å². The number of benzene rings is 1. The molecule has 0 radical (unpaired) electrons. The zero-order chi connectivity index (χ0) is 10.6. The average molecular weight is 229 g/mol. The van der Waals surface area contributed by atoms with Gasteiger partial charge >= 0.3 is 9.05 Å². The molecule has 0 aliphatic rings. The van der Waals surface area contributed by atoms with Crippen LogP contribution in [0.5, 0.6) is 0 Å². The Bertz CT molecular complexity index is 463. The van der Waals surface area contributed by atoms with Gasteiger partial charge in [-0.05, 0) is 12.5 Å². The molecule has 1 aromatic rings. The van der Waals surface area contributed by atoms with E-state index in [9.17, 15) is 8.42 Å². The molecule has 0 atom stereocenters. The van der Waals surface area contributed by atoms with Crippen LogP contribution in [0, 0.1) is 18.1 Å². The highest BCUT2D eigenvalue weighted by Gasteiger charge is 1.95. The molecule has 1 aromatic carbocycles. The summed E-state index contributed by atoms with van der Waals surface area (Å²) in [6.45, 7) is 1.98. The summed E-state index contributed by atoms with van der Waals surface area (Å²) in [7, 11) is 1.23. The predicted molar refractivity (Wildman–Crippen MR) is 57.4 cm³/mol. The van der Waals surface area contributed by atoms with Crippen molar-refractivity contribution in [1.29, 1.82) is 0 Å². The lowest BCUT2D eigenvalue weighted by Crippen LogP contribution is -1.84. The first-order chi connectivity index (χ1) is 6.47. The van der Waals surface area contributed by atoms with Gasteiger partial charge in [-0.3, -0.25) is 0 Å². The Morgan fingerprint density at radius 2 is 1.86 bits per heavy atom. The van der Waals surface area contributed by atoms with E-state index in [2.05, 4.69) is 5.92 Å². The molecule has 0 saturated heterocycles. The van der Waals surface area contributed by atoms with Gasteiger partial charge in [-0.15, -0.1) is 0 Å². The Balaban J connectivity index is 2.70. The van der Waals surface area contributed by atoms with Gasteiger partial charge in [-0.25, -0.2) is 0 Å². The SMILES string of the molecule is Cc1ccc(CC#CS(=O)(=O)Cl)cc1. The van der Waals surface area contributed by atoms with E-state index in [4.69, 9.17) is 10.7 Å². The lowest BCUT2D eigenvalue weighted by Gasteiger charge is -1.94. The van der Waals surface area contributed by atoms with E-state index in [0.717, 1.165) is 11.1 Å². The van der Waals surface area contributed by atoms with Crippen molar-refractivity contribution in [3.05, 3.63) is 35.4 Å². The second kappa shape index (κ2) is 4.50. The highest BCUT2D eigenvalue weighted by molar-refractivity contribution is 8.17. The van der Waals surface area contributed by atoms with Gasteiger partial charge in [0.1, 0.15) is 0 Å². The van der Waals surface area contributed by atoms with Gasteiger partial charge < -0.3 is 0 Å². The number of aryl methyl sites for hydroxylation is 1. The van der Waals surface area contributed by atoms with Crippen LogP contribution in [0.4, 0.5) is 0 Å². The van der Waals surface area contributed by atoms with Crippen molar-refractivity contribution in [2.45, 2.75) is 13.3 Å². The minimum absolute atomic E-state index is 0.395. The Morgan fingerprint density at radius 1 is 1.29 bits per heavy atom. The Kier molecular flexibility index (Phi) is 3.56. The molecule has 0 N–H and O–H groups in total. The van der Waals surface area contributed by atoms with E-state index in [-0.39, 0.29) is 0 Å². The highest BCUT2D eigenvalue weighted by atomic mass is 35.7. The first kappa shape index (κ1) is 11.1. The van der Waals surface area contributed by atoms with Gasteiger partial charge in [0, 0.05) is 22.4 Å². The maximum Gasteiger partial charge on any atom is 0.300 e. The number of hydrogen-bond donors (Lipinski definition) is 0. The van der Waals surface area contributed by atoms with Crippen LogP contribution in [0.25, 0.3) is 0 Å². The van der Waals surface area contributed by atoms with Crippen LogP contribution in [-0.4, -0.2) is 8.42 Å². The number of halogens is 1. The average Bonchev–Trinajstić information content (AvgIpc) is 2.06. The van der Waals surface area contributed by atoms with Crippen LogP contribution in [0.15, 0.2) is 24.3 Å². The van der Waals surface area contributed by atoms with Gasteiger partial charge in [0.05, 0.1) is 0 Å². The topological polar surface area (TPSA) is 34.1 Å². The second-order valence-corrected chi connectivity index (χ2v) is 5.18. The molecule has 0 aliphatic heterocycles. The minimum Gasteiger partial charge on any atom is -0.198 e. The maximum absolute atomic E-state index is 10.5. The predicted octanol–water partition coefficient (Wildman–Crippen LogP) is 2.07. The quantitative estimate of drug-likeness (QED) is 0.545. The molecule has 14 heavy (non-hydrogen) atoms. The number of rotatable bonds is 1. The molecular weight excluding hydrogens is 220 g/mol. The molecule has 0 amide bonds. The minimum atomic E-state index is -3.69. The van der Waals surface area contributed by atoms with Crippen molar-refractivity contribution < 1.29 is 8.42 Å². The summed E-state index contributed by atoms with van der Waals surface area (Å²) in [6.07, 6.45) is 0.395. The molecule has 1 rings (SSSR count). The Labute approximate surface area is 88.3 Å². The molecule has 0 unspecified atom stereocenters. The van der Waals surface area contributed by atoms with Crippen molar-refractivity contribution in [2.75, 3.05) is 0 Å². The van der Waals surface area contributed by atoms with Crippen molar-refractivity contribution in [1.82, 2.24) is 0 Å². The lowest BCUT2D eigenvalue weighted by atomic mass is 10.1. The monoisotopic (exact) mass is 228 g/mol. The smallest absolute Gasteiger partial charge is 0.198 e. The Hall–Kier alpha value is -0.980. The van der Waals surface area contributed by atoms with Crippen molar-refractivity contribution in [3.8, 4) is 11.2 Å². The molecule has 0 bridgehead atoms. The van der Waals surface area contributed by atoms with E-state index in [0.29, 0.717) is 6.42 Å². The van der Waals surface area contributed by atoms with Crippen LogP contribution >= 0.6 is 10.7 Å². The zero-order valence-electron chi connectivity index (χ0n) is 7.62. The molecule has 0 fully saturated rings. The van der Waals surface area contributed by atoms with Crippen LogP contribution in [0.1, 0.15) is 11.1 Å². The maximum atomic E-state index is 10.5. The van der Waals surface area contributed by atoms with Gasteiger partial charge in [0.15, 0.2) is 0 Å². The van der Waals surface area contributed by atoms with Gasteiger partial charge in [-0.1, -0.05) is 35.7 Å². The van der Waals surface area contributed by atoms with Gasteiger partial charge in [0.25, 0.3) is 0 Å². The van der Waals surface area contributed by atoms with Gasteiger partial charge in [-0.2, -0.15) is 8.42 Å². The summed E-state index contributed by atoms with van der Waals surface area (Å²) >= 11 is 0. The summed E-state index contributed by atoms with van der Waals surface area (Å²) in [5, 5.41) is 1.97. The largest absolute Gasteiger partial charge is 0.300 e. The molecule has 0 aromatic heterocycles. The molecule has 0 heterocycles. The fourth-order valence-corrected chi connectivity index (χ4v) is 1.34. The lowest BCUT2D eigenvalue weighted by molar-refractivity contribution is 0.618. The Morgan fingerprint density at radius 3 is 2.36 bits per heavy atom. The normalized spacial score (nSPS) is 10.4. The number of hydrogen-bond acceptors (Lipinski definition) is 2. The molecule has 74 valence electrons. The first-order valence-corrected chi connectivity index (χ1v) is 6.28. The van der Waals surface area contributed by atoms with E-state index in [1.165, 1.54) is 0 Å². The van der Waals surface area contributed by atoms with E-state index >= 15 is 0 Å². The van der Waals surface area contributed by atoms with Crippen LogP contribution in [0.2, 0.25) is 0 Å². The van der Waals surface area contributed by atoms with Crippen molar-refractivity contribution in [3.63, 3.8) is 0 Å². The summed E-state index contributed by atoms with van der Waals surface area (Å²) in [5.74, 6) is 2.49.